The van der Waals surface area contributed by atoms with Crippen LogP contribution in [-0.2, 0) is 5.41 Å². The minimum Gasteiger partial charge on any atom is -0.458 e. The van der Waals surface area contributed by atoms with Gasteiger partial charge in [-0.15, -0.1) is 0 Å². The number of nitrogens with zero attached hydrogens (tertiary/aromatic N) is 10. The predicted molar refractivity (Wildman–Crippen MR) is 572 cm³/mol. The third-order valence-electron chi connectivity index (χ3n) is 29.1. The Morgan fingerprint density at radius 1 is 0.255 bits per heavy atom. The molecule has 0 unspecified atom stereocenters. The Morgan fingerprint density at radius 2 is 0.555 bits per heavy atom. The maximum Gasteiger partial charge on any atom is 0.428 e. The van der Waals surface area contributed by atoms with Gasteiger partial charge in [-0.3, -0.25) is 13.7 Å². The zero-order chi connectivity index (χ0) is 90.5. The van der Waals surface area contributed by atoms with Crippen molar-refractivity contribution in [2.45, 2.75) is 26.2 Å². The lowest BCUT2D eigenvalue weighted by Gasteiger charge is -2.39. The summed E-state index contributed by atoms with van der Waals surface area (Å²) in [5.41, 5.74) is 24.8. The van der Waals surface area contributed by atoms with Gasteiger partial charge in [-0.05, 0) is 155 Å². The number of para-hydroxylation sites is 16. The number of rotatable bonds is 15. The first kappa shape index (κ1) is 78.3. The van der Waals surface area contributed by atoms with Crippen molar-refractivity contribution >= 4 is 191 Å². The van der Waals surface area contributed by atoms with Gasteiger partial charge in [0.05, 0.1) is 33.4 Å². The number of ether oxygens (including phenoxy) is 1. The summed E-state index contributed by atoms with van der Waals surface area (Å²) in [6.07, 6.45) is 6.18. The molecular weight excluding hydrogens is 1700 g/mol. The second-order valence-electron chi connectivity index (χ2n) is 37.4. The number of benzene rings is 19. The van der Waals surface area contributed by atoms with Crippen molar-refractivity contribution in [3.8, 4) is 50.9 Å². The number of pyridine rings is 1. The Labute approximate surface area is 790 Å². The second kappa shape index (κ2) is 30.1. The molecule has 0 spiro atoms. The summed E-state index contributed by atoms with van der Waals surface area (Å²) in [6.45, 7) is 6.76. The minimum atomic E-state index is -4.15. The van der Waals surface area contributed by atoms with Gasteiger partial charge in [0, 0.05) is 164 Å². The van der Waals surface area contributed by atoms with Gasteiger partial charge in [-0.25, -0.2) is 4.98 Å². The number of hydrogen-bond donors (Lipinski definition) is 0. The van der Waals surface area contributed by atoms with Crippen molar-refractivity contribution in [1.29, 1.82) is 0 Å². The Hall–Kier alpha value is -17.4. The van der Waals surface area contributed by atoms with E-state index in [4.69, 9.17) is 9.72 Å². The molecule has 0 saturated carbocycles. The van der Waals surface area contributed by atoms with E-state index < -0.39 is 17.1 Å². The molecule has 646 valence electrons. The molecule has 9 aromatic heterocycles. The molecule has 11 nitrogen and oxygen atoms in total. The van der Waals surface area contributed by atoms with Crippen LogP contribution >= 0.6 is 0 Å². The lowest BCUT2D eigenvalue weighted by Crippen LogP contribution is -2.66. The van der Waals surface area contributed by atoms with Gasteiger partial charge in [-0.2, -0.15) is 0 Å². The van der Waals surface area contributed by atoms with E-state index >= 15 is 0 Å². The average molecular weight is 1790 g/mol. The fraction of sp³-hybridized carbons (Fsp3) is 0.0323. The Morgan fingerprint density at radius 3 is 0.912 bits per heavy atom. The SMILES string of the molecule is CC(C)(C)c1ccnc(-n2c3ccccc3c3ccc(Oc4cccc(-n5[c-][n+](-c6c(-c7cccc([Si](n8c9ccccc9c9ccccc98)(n8c9ccccc9c9ccccc98)n8c9ccccc9c9ccccc98)c7)cccc6-c6cccc([Si](n7c8ccccc8c8ccccc87)(n7c8ccccc8c8ccccc87)n7c8ccccc8c8ccccc87)c6)c6ccccc65)c4)cc32)c1. The topological polar surface area (TPSA) is 65.4 Å². The van der Waals surface area contributed by atoms with Crippen LogP contribution in [0, 0.1) is 6.33 Å². The van der Waals surface area contributed by atoms with Crippen LogP contribution in [0.25, 0.3) is 203 Å². The van der Waals surface area contributed by atoms with Crippen LogP contribution in [-0.4, -0.2) is 56.6 Å². The highest BCUT2D eigenvalue weighted by Gasteiger charge is 2.53. The molecule has 0 saturated heterocycles. The van der Waals surface area contributed by atoms with Crippen molar-refractivity contribution in [1.82, 2.24) is 39.5 Å². The summed E-state index contributed by atoms with van der Waals surface area (Å²) < 4.78 is 31.0. The Bertz CT molecular complexity index is 8630. The van der Waals surface area contributed by atoms with E-state index in [0.29, 0.717) is 11.5 Å². The molecule has 19 aromatic carbocycles. The molecule has 0 amide bonds. The maximum atomic E-state index is 7.22. The highest BCUT2D eigenvalue weighted by Crippen LogP contribution is 2.48. The smallest absolute Gasteiger partial charge is 0.428 e. The zero-order valence-electron chi connectivity index (χ0n) is 75.3. The molecule has 137 heavy (non-hydrogen) atoms. The van der Waals surface area contributed by atoms with Crippen molar-refractivity contribution in [3.05, 3.63) is 479 Å². The summed E-state index contributed by atoms with van der Waals surface area (Å²) in [5, 5.41) is 18.9. The third kappa shape index (κ3) is 11.3. The molecule has 0 fully saturated rings. The molecule has 0 N–H and O–H groups in total. The highest BCUT2D eigenvalue weighted by molar-refractivity contribution is 6.93. The van der Waals surface area contributed by atoms with E-state index in [1.54, 1.807) is 0 Å². The lowest BCUT2D eigenvalue weighted by atomic mass is 9.88. The molecule has 0 atom stereocenters. The van der Waals surface area contributed by atoms with Crippen molar-refractivity contribution in [2.24, 2.45) is 0 Å². The highest BCUT2D eigenvalue weighted by atomic mass is 28.4. The maximum absolute atomic E-state index is 7.22. The normalized spacial score (nSPS) is 12.5. The fourth-order valence-corrected chi connectivity index (χ4v) is 33.9. The van der Waals surface area contributed by atoms with E-state index in [-0.39, 0.29) is 5.41 Å². The Balaban J connectivity index is 0.740. The van der Waals surface area contributed by atoms with Crippen LogP contribution in [0.4, 0.5) is 0 Å². The quantitative estimate of drug-likeness (QED) is 0.0583. The molecule has 0 bridgehead atoms. The van der Waals surface area contributed by atoms with Gasteiger partial charge in [0.15, 0.2) is 0 Å². The Kier molecular flexibility index (Phi) is 17.2. The predicted octanol–water partition coefficient (Wildman–Crippen LogP) is 28.9. The minimum absolute atomic E-state index is 0.0880. The van der Waals surface area contributed by atoms with Gasteiger partial charge in [0.25, 0.3) is 6.33 Å². The van der Waals surface area contributed by atoms with Gasteiger partial charge in [0.1, 0.15) is 17.3 Å². The van der Waals surface area contributed by atoms with Gasteiger partial charge >= 0.3 is 17.1 Å². The number of aromatic nitrogens is 10. The van der Waals surface area contributed by atoms with Crippen molar-refractivity contribution < 1.29 is 9.30 Å². The summed E-state index contributed by atoms with van der Waals surface area (Å²) >= 11 is 0. The monoisotopic (exact) mass is 1790 g/mol. The van der Waals surface area contributed by atoms with Crippen LogP contribution in [0.5, 0.6) is 11.5 Å². The number of fused-ring (bicyclic) bond motifs is 22. The van der Waals surface area contributed by atoms with E-state index in [9.17, 15) is 0 Å². The van der Waals surface area contributed by atoms with Crippen molar-refractivity contribution in [3.63, 3.8) is 0 Å². The average Bonchev–Trinajstić information content (AvgIpc) is 1.52. The van der Waals surface area contributed by atoms with E-state index in [1.807, 2.05) is 6.20 Å². The molecule has 0 aliphatic rings. The van der Waals surface area contributed by atoms with E-state index in [2.05, 4.69) is 527 Å². The van der Waals surface area contributed by atoms with Gasteiger partial charge in [-0.1, -0.05) is 354 Å². The lowest BCUT2D eigenvalue weighted by molar-refractivity contribution is -0.571. The summed E-state index contributed by atoms with van der Waals surface area (Å²) in [5.74, 6) is 2.24. The van der Waals surface area contributed by atoms with Crippen LogP contribution in [0.3, 0.4) is 0 Å². The zero-order valence-corrected chi connectivity index (χ0v) is 77.3. The van der Waals surface area contributed by atoms with Crippen molar-refractivity contribution in [2.75, 3.05) is 0 Å². The molecule has 28 aromatic rings. The first-order chi connectivity index (χ1) is 67.6. The number of hydrogen-bond acceptors (Lipinski definition) is 2. The van der Waals surface area contributed by atoms with Crippen LogP contribution in [0.1, 0.15) is 26.3 Å². The molecule has 0 aliphatic heterocycles. The largest absolute Gasteiger partial charge is 0.458 e. The van der Waals surface area contributed by atoms with E-state index in [0.717, 1.165) is 149 Å². The van der Waals surface area contributed by atoms with Gasteiger partial charge < -0.3 is 30.1 Å². The summed E-state index contributed by atoms with van der Waals surface area (Å²) in [6, 6.07) is 173. The molecule has 13 heteroatoms. The third-order valence-corrected chi connectivity index (χ3v) is 37.9. The molecule has 0 radical (unpaired) electrons. The summed E-state index contributed by atoms with van der Waals surface area (Å²) in [7, 11) is -8.30. The molecule has 9 heterocycles. The van der Waals surface area contributed by atoms with E-state index in [1.165, 1.54) is 70.2 Å². The standard InChI is InChI=1S/C124H86N10OSi2/c1-124(2,3)84-74-75-125-122(78-84)128-106-57-17-4-42-92(106)105-73-72-87(80-121(105)128)135-86-39-34-38-85(79-86)126-81-127(120-71-31-30-70-119(120)126)123-90(82-36-32-40-88(76-82)136(129-107-58-18-5-43-93(107)94-44-6-19-59-108(94)129,130-109-60-20-7-45-95(109)96-46-8-21-61-110(96)130)131-111-62-22-9-47-97(111)98-48-10-23-63-112(98)131)55-35-56-91(123)83-37-33-41-89(77-83)137(132-113-64-24-11-49-99(113)100-50-12-25-65-114(100)132,133-115-66-26-13-51-101(115)102-52-14-27-67-116(102)133)134-117-68-28-15-53-103(117)104-54-16-29-69-118(104)134/h4-80H,1-3H3. The molecule has 28 rings (SSSR count). The molecule has 0 aliphatic carbocycles. The first-order valence-electron chi connectivity index (χ1n) is 47.2. The fourth-order valence-electron chi connectivity index (χ4n) is 23.5. The van der Waals surface area contributed by atoms with Crippen LogP contribution in [0.15, 0.2) is 467 Å². The number of imidazole rings is 1. The first-order valence-corrected chi connectivity index (χ1v) is 50.8. The summed E-state index contributed by atoms with van der Waals surface area (Å²) in [4.78, 5) is 5.05. The van der Waals surface area contributed by atoms with Gasteiger partial charge in [0.2, 0.25) is 0 Å². The second-order valence-corrected chi connectivity index (χ2v) is 43.8. The van der Waals surface area contributed by atoms with Crippen LogP contribution < -0.4 is 19.7 Å². The van der Waals surface area contributed by atoms with Crippen LogP contribution in [0.2, 0.25) is 0 Å². The molecular formula is C124H86N10OSi2.